The predicted molar refractivity (Wildman–Crippen MR) is 82.7 cm³/mol. The molecular formula is C16H9F11N2O3. The fourth-order valence-corrected chi connectivity index (χ4v) is 2.04. The van der Waals surface area contributed by atoms with Gasteiger partial charge in [-0.15, -0.1) is 0 Å². The van der Waals surface area contributed by atoms with Crippen LogP contribution in [0.5, 0.6) is 5.75 Å². The molecule has 16 heteroatoms. The number of alkyl halides is 11. The molecule has 1 N–H and O–H groups in total. The van der Waals surface area contributed by atoms with Gasteiger partial charge in [0.05, 0.1) is 0 Å². The summed E-state index contributed by atoms with van der Waals surface area (Å²) >= 11 is 0. The lowest BCUT2D eigenvalue weighted by Gasteiger charge is -2.34. The van der Waals surface area contributed by atoms with E-state index in [2.05, 4.69) is 19.4 Å². The molecule has 2 aromatic rings. The van der Waals surface area contributed by atoms with E-state index in [9.17, 15) is 53.1 Å². The van der Waals surface area contributed by atoms with Crippen molar-refractivity contribution in [3.8, 4) is 17.1 Å². The molecular weight excluding hydrogens is 477 g/mol. The Kier molecular flexibility index (Phi) is 6.51. The van der Waals surface area contributed by atoms with Gasteiger partial charge in [-0.1, -0.05) is 0 Å². The number of ether oxygens (including phenoxy) is 2. The van der Waals surface area contributed by atoms with Crippen LogP contribution in [0.4, 0.5) is 48.3 Å². The van der Waals surface area contributed by atoms with Crippen molar-refractivity contribution in [1.82, 2.24) is 9.97 Å². The Bertz CT molecular complexity index is 988. The third kappa shape index (κ3) is 5.11. The first-order valence-corrected chi connectivity index (χ1v) is 7.96. The third-order valence-corrected chi connectivity index (χ3v) is 3.60. The van der Waals surface area contributed by atoms with Crippen LogP contribution in [-0.2, 0) is 4.74 Å². The summed E-state index contributed by atoms with van der Waals surface area (Å²) in [6.45, 7) is -2.25. The van der Waals surface area contributed by atoms with Gasteiger partial charge in [0.1, 0.15) is 11.6 Å². The largest absolute Gasteiger partial charge is 0.484 e. The molecule has 0 saturated heterocycles. The minimum atomic E-state index is -7.39. The number of hydrogen-bond acceptors (Lipinski definition) is 4. The molecule has 0 spiro atoms. The molecule has 1 aromatic heterocycles. The second-order valence-corrected chi connectivity index (χ2v) is 6.00. The Morgan fingerprint density at radius 3 is 1.88 bits per heavy atom. The number of halogens is 11. The van der Waals surface area contributed by atoms with Crippen molar-refractivity contribution >= 4 is 0 Å². The van der Waals surface area contributed by atoms with Crippen LogP contribution in [0.15, 0.2) is 41.3 Å². The van der Waals surface area contributed by atoms with Gasteiger partial charge in [0.2, 0.25) is 0 Å². The first-order chi connectivity index (χ1) is 14.4. The van der Waals surface area contributed by atoms with Crippen molar-refractivity contribution in [2.45, 2.75) is 30.2 Å². The van der Waals surface area contributed by atoms with Gasteiger partial charge in [0.15, 0.2) is 6.61 Å². The van der Waals surface area contributed by atoms with Crippen molar-refractivity contribution in [3.63, 3.8) is 0 Å². The summed E-state index contributed by atoms with van der Waals surface area (Å²) in [7, 11) is 0. The first kappa shape index (κ1) is 25.4. The summed E-state index contributed by atoms with van der Waals surface area (Å²) in [5, 5.41) is 0. The molecule has 0 amide bonds. The van der Waals surface area contributed by atoms with Crippen molar-refractivity contribution in [2.75, 3.05) is 6.61 Å². The Morgan fingerprint density at radius 2 is 1.38 bits per heavy atom. The maximum atomic E-state index is 13.5. The van der Waals surface area contributed by atoms with Gasteiger partial charge in [-0.25, -0.2) is 9.72 Å². The zero-order valence-electron chi connectivity index (χ0n) is 15.0. The highest BCUT2D eigenvalue weighted by molar-refractivity contribution is 5.55. The maximum absolute atomic E-state index is 13.5. The molecule has 0 bridgehead atoms. The molecule has 0 aliphatic carbocycles. The molecule has 0 atom stereocenters. The highest BCUT2D eigenvalue weighted by Gasteiger charge is 2.83. The van der Waals surface area contributed by atoms with Crippen LogP contribution in [0, 0.1) is 0 Å². The van der Waals surface area contributed by atoms with Crippen molar-refractivity contribution in [1.29, 1.82) is 0 Å². The summed E-state index contributed by atoms with van der Waals surface area (Å²) in [4.78, 5) is 17.3. The summed E-state index contributed by atoms with van der Waals surface area (Å²) in [5.74, 6) is -15.2. The van der Waals surface area contributed by atoms with Gasteiger partial charge in [-0.05, 0) is 24.3 Å². The van der Waals surface area contributed by atoms with Crippen LogP contribution >= 0.6 is 0 Å². The first-order valence-electron chi connectivity index (χ1n) is 7.96. The predicted octanol–water partition coefficient (Wildman–Crippen LogP) is 4.85. The Hall–Kier alpha value is -2.91. The lowest BCUT2D eigenvalue weighted by atomic mass is 10.1. The number of rotatable bonds is 8. The fourth-order valence-electron chi connectivity index (χ4n) is 2.04. The van der Waals surface area contributed by atoms with Crippen LogP contribution in [0.3, 0.4) is 0 Å². The topological polar surface area (TPSA) is 64.2 Å². The molecule has 0 radical (unpaired) electrons. The Balaban J connectivity index is 2.10. The molecule has 5 nitrogen and oxygen atoms in total. The van der Waals surface area contributed by atoms with E-state index in [1.54, 1.807) is 0 Å². The monoisotopic (exact) mass is 486 g/mol. The number of nitrogens with one attached hydrogen (secondary N) is 1. The molecule has 32 heavy (non-hydrogen) atoms. The van der Waals surface area contributed by atoms with Crippen LogP contribution in [0.2, 0.25) is 0 Å². The zero-order valence-corrected chi connectivity index (χ0v) is 15.0. The smallest absolute Gasteiger partial charge is 0.460 e. The van der Waals surface area contributed by atoms with E-state index in [4.69, 9.17) is 0 Å². The molecule has 0 fully saturated rings. The second kappa shape index (κ2) is 8.22. The number of aromatic amines is 1. The van der Waals surface area contributed by atoms with Crippen LogP contribution in [-0.4, -0.2) is 46.8 Å². The summed E-state index contributed by atoms with van der Waals surface area (Å²) in [6, 6.07) is 5.29. The van der Waals surface area contributed by atoms with Crippen LogP contribution < -0.4 is 10.3 Å². The highest BCUT2D eigenvalue weighted by Crippen LogP contribution is 2.54. The minimum absolute atomic E-state index is 0.0465. The quantitative estimate of drug-likeness (QED) is 0.542. The van der Waals surface area contributed by atoms with E-state index < -0.39 is 48.2 Å². The number of aromatic nitrogens is 2. The average Bonchev–Trinajstić information content (AvgIpc) is 2.65. The van der Waals surface area contributed by atoms with E-state index in [1.807, 2.05) is 0 Å². The van der Waals surface area contributed by atoms with Crippen LogP contribution in [0.1, 0.15) is 0 Å². The minimum Gasteiger partial charge on any atom is -0.484 e. The van der Waals surface area contributed by atoms with Gasteiger partial charge in [-0.2, -0.15) is 48.3 Å². The van der Waals surface area contributed by atoms with Gasteiger partial charge >= 0.3 is 30.2 Å². The molecule has 0 aliphatic rings. The molecule has 0 saturated carbocycles. The molecule has 2 rings (SSSR count). The maximum Gasteiger partial charge on any atom is 0.460 e. The number of H-pyrrole nitrogens is 1. The fraction of sp³-hybridized carbons (Fsp3) is 0.375. The summed E-state index contributed by atoms with van der Waals surface area (Å²) in [6.07, 6.45) is -18.4. The summed E-state index contributed by atoms with van der Waals surface area (Å²) in [5.41, 5.74) is -0.292. The SMILES string of the molecule is O=c1ccnc(-c2ccc(OCC(F)(F)OC(F)(F)C(F)(F)C(F)(F)C(F)(F)F)cc2)[nH]1. The highest BCUT2D eigenvalue weighted by atomic mass is 19.4. The van der Waals surface area contributed by atoms with Gasteiger partial charge in [0.25, 0.3) is 5.56 Å². The lowest BCUT2D eigenvalue weighted by Crippen LogP contribution is -2.63. The van der Waals surface area contributed by atoms with Crippen molar-refractivity contribution < 1.29 is 57.8 Å². The standard InChI is InChI=1S/C16H9F11N2O3/c17-12(18,32-16(26,27)14(21,22)13(19,20)15(23,24)25)7-31-9-3-1-8(2-4-9)11-28-6-5-10(30)29-11/h1-6H,7H2,(H,28,29,30). The van der Waals surface area contributed by atoms with Crippen molar-refractivity contribution in [3.05, 3.63) is 46.9 Å². The van der Waals surface area contributed by atoms with Gasteiger partial charge in [0, 0.05) is 17.8 Å². The molecule has 1 heterocycles. The zero-order chi connectivity index (χ0) is 24.6. The summed E-state index contributed by atoms with van der Waals surface area (Å²) < 4.78 is 147. The Morgan fingerprint density at radius 1 is 0.812 bits per heavy atom. The van der Waals surface area contributed by atoms with Gasteiger partial charge in [-0.3, -0.25) is 4.79 Å². The molecule has 178 valence electrons. The van der Waals surface area contributed by atoms with E-state index in [0.29, 0.717) is 0 Å². The van der Waals surface area contributed by atoms with Gasteiger partial charge < -0.3 is 9.72 Å². The van der Waals surface area contributed by atoms with E-state index in [1.165, 1.54) is 0 Å². The van der Waals surface area contributed by atoms with E-state index >= 15 is 0 Å². The van der Waals surface area contributed by atoms with E-state index in [0.717, 1.165) is 36.5 Å². The lowest BCUT2D eigenvalue weighted by molar-refractivity contribution is -0.483. The molecule has 0 aliphatic heterocycles. The van der Waals surface area contributed by atoms with Crippen molar-refractivity contribution in [2.24, 2.45) is 0 Å². The van der Waals surface area contributed by atoms with Crippen LogP contribution in [0.25, 0.3) is 11.4 Å². The molecule has 1 aromatic carbocycles. The Labute approximate surface area is 169 Å². The third-order valence-electron chi connectivity index (χ3n) is 3.60. The normalized spacial score (nSPS) is 13.8. The number of nitrogens with zero attached hydrogens (tertiary/aromatic N) is 1. The second-order valence-electron chi connectivity index (χ2n) is 6.00. The van der Waals surface area contributed by atoms with E-state index in [-0.39, 0.29) is 11.4 Å². The molecule has 0 unspecified atom stereocenters. The number of hydrogen-bond donors (Lipinski definition) is 1. The number of benzene rings is 1. The average molecular weight is 486 g/mol.